The lowest BCUT2D eigenvalue weighted by molar-refractivity contribution is -0.143. The van der Waals surface area contributed by atoms with Crippen LogP contribution in [0, 0.1) is 0 Å². The van der Waals surface area contributed by atoms with Crippen molar-refractivity contribution in [2.75, 3.05) is 19.8 Å². The molecule has 0 spiro atoms. The first-order valence-corrected chi connectivity index (χ1v) is 12.0. The summed E-state index contributed by atoms with van der Waals surface area (Å²) in [6.07, 6.45) is 0. The Labute approximate surface area is 225 Å². The van der Waals surface area contributed by atoms with Crippen LogP contribution in [0.2, 0.25) is 11.0 Å². The molecular weight excluding hydrogens is 482 g/mol. The SMILES string of the molecule is [B]C1C([B])([B])C(=O)NC(=O)C1([B])N1Cc2c(OCc3ccc(CN4CCOCC4=O)cc3)cccc2C1=O. The molecule has 38 heavy (non-hydrogen) atoms. The fourth-order valence-corrected chi connectivity index (χ4v) is 4.83. The average molecular weight is 503 g/mol. The smallest absolute Gasteiger partial charge is 0.254 e. The number of fused-ring (bicyclic) bond motifs is 1. The summed E-state index contributed by atoms with van der Waals surface area (Å²) in [5, 5.41) is -0.146. The number of amides is 4. The molecule has 8 radical (unpaired) electrons. The first-order chi connectivity index (χ1) is 18.0. The number of carbonyl (C=O) groups excluding carboxylic acids is 4. The molecular formula is C25H21B4N3O6. The Morgan fingerprint density at radius 3 is 2.42 bits per heavy atom. The number of ether oxygens (including phenoxy) is 2. The van der Waals surface area contributed by atoms with Crippen LogP contribution < -0.4 is 10.1 Å². The molecule has 5 rings (SSSR count). The number of rotatable bonds is 6. The van der Waals surface area contributed by atoms with E-state index in [2.05, 4.69) is 0 Å². The van der Waals surface area contributed by atoms with Crippen LogP contribution in [0.3, 0.4) is 0 Å². The van der Waals surface area contributed by atoms with Gasteiger partial charge in [0, 0.05) is 24.2 Å². The van der Waals surface area contributed by atoms with Gasteiger partial charge in [-0.15, -0.1) is 0 Å². The number of nitrogens with one attached hydrogen (secondary N) is 1. The van der Waals surface area contributed by atoms with E-state index in [1.807, 2.05) is 29.6 Å². The maximum absolute atomic E-state index is 13.3. The summed E-state index contributed by atoms with van der Waals surface area (Å²) in [5.74, 6) is -3.68. The minimum absolute atomic E-state index is 0.0358. The predicted octanol–water partition coefficient (Wildman–Crippen LogP) is -0.488. The molecule has 2 aromatic rings. The Balaban J connectivity index is 1.30. The van der Waals surface area contributed by atoms with Crippen molar-refractivity contribution >= 4 is 55.0 Å². The van der Waals surface area contributed by atoms with E-state index in [0.717, 1.165) is 16.0 Å². The molecule has 0 bridgehead atoms. The zero-order valence-corrected chi connectivity index (χ0v) is 20.5. The molecule has 2 saturated heterocycles. The Morgan fingerprint density at radius 1 is 1.00 bits per heavy atom. The highest BCUT2D eigenvalue weighted by atomic mass is 16.5. The van der Waals surface area contributed by atoms with Crippen LogP contribution in [-0.2, 0) is 38.8 Å². The molecule has 13 heteroatoms. The van der Waals surface area contributed by atoms with Gasteiger partial charge >= 0.3 is 0 Å². The van der Waals surface area contributed by atoms with Crippen molar-refractivity contribution in [3.05, 3.63) is 64.7 Å². The third-order valence-electron chi connectivity index (χ3n) is 7.22. The fourth-order valence-electron chi connectivity index (χ4n) is 4.83. The maximum atomic E-state index is 13.3. The molecule has 2 unspecified atom stereocenters. The summed E-state index contributed by atoms with van der Waals surface area (Å²) < 4.78 is 11.2. The zero-order valence-electron chi connectivity index (χ0n) is 20.5. The summed E-state index contributed by atoms with van der Waals surface area (Å²) in [7, 11) is 24.1. The Bertz CT molecular complexity index is 1320. The van der Waals surface area contributed by atoms with Gasteiger partial charge in [-0.25, -0.2) is 0 Å². The van der Waals surface area contributed by atoms with Crippen LogP contribution in [0.4, 0.5) is 0 Å². The van der Waals surface area contributed by atoms with Gasteiger partial charge in [-0.05, 0) is 28.5 Å². The Morgan fingerprint density at radius 2 is 1.71 bits per heavy atom. The topological polar surface area (TPSA) is 105 Å². The van der Waals surface area contributed by atoms with Gasteiger partial charge in [0.2, 0.25) is 17.7 Å². The standard InChI is InChI=1S/C25H21B4N3O6/c26-21-24(27,28)22(35)30-23(36)25(21,29)32-11-17-16(20(32)34)2-1-3-18(17)38-12-15-6-4-14(5-7-15)10-31-8-9-37-13-19(31)33/h1-7,21H,8-13H2,(H,30,35,36). The molecule has 2 aromatic carbocycles. The number of imide groups is 1. The lowest BCUT2D eigenvalue weighted by Gasteiger charge is -2.52. The van der Waals surface area contributed by atoms with Gasteiger partial charge in [-0.1, -0.05) is 36.1 Å². The van der Waals surface area contributed by atoms with Crippen molar-refractivity contribution in [3.63, 3.8) is 0 Å². The van der Waals surface area contributed by atoms with Crippen molar-refractivity contribution in [1.82, 2.24) is 15.1 Å². The quantitative estimate of drug-likeness (QED) is 0.422. The van der Waals surface area contributed by atoms with E-state index in [-0.39, 0.29) is 31.2 Å². The second-order valence-electron chi connectivity index (χ2n) is 9.67. The molecule has 4 amide bonds. The molecule has 2 atom stereocenters. The van der Waals surface area contributed by atoms with Crippen molar-refractivity contribution in [3.8, 4) is 5.75 Å². The number of hydrogen-bond acceptors (Lipinski definition) is 6. The number of benzene rings is 2. The molecule has 0 aromatic heterocycles. The molecule has 0 aliphatic carbocycles. The summed E-state index contributed by atoms with van der Waals surface area (Å²) >= 11 is 0. The fraction of sp³-hybridized carbons (Fsp3) is 0.360. The maximum Gasteiger partial charge on any atom is 0.254 e. The zero-order chi connectivity index (χ0) is 27.2. The van der Waals surface area contributed by atoms with E-state index in [0.29, 0.717) is 31.0 Å². The molecule has 9 nitrogen and oxygen atoms in total. The highest BCUT2D eigenvalue weighted by Crippen LogP contribution is 2.47. The number of morpholine rings is 1. The minimum Gasteiger partial charge on any atom is -0.489 e. The van der Waals surface area contributed by atoms with Gasteiger partial charge in [0.05, 0.1) is 42.1 Å². The molecule has 0 saturated carbocycles. The van der Waals surface area contributed by atoms with Crippen molar-refractivity contribution < 1.29 is 28.7 Å². The Kier molecular flexibility index (Phi) is 6.67. The van der Waals surface area contributed by atoms with Crippen LogP contribution in [-0.4, -0.2) is 90.0 Å². The van der Waals surface area contributed by atoms with Crippen LogP contribution in [0.5, 0.6) is 5.75 Å². The molecule has 2 fully saturated rings. The van der Waals surface area contributed by atoms with Crippen LogP contribution in [0.15, 0.2) is 42.5 Å². The van der Waals surface area contributed by atoms with Crippen LogP contribution >= 0.6 is 0 Å². The second-order valence-corrected chi connectivity index (χ2v) is 9.67. The van der Waals surface area contributed by atoms with E-state index in [4.69, 9.17) is 40.9 Å². The van der Waals surface area contributed by atoms with Gasteiger partial charge < -0.3 is 19.3 Å². The normalized spacial score (nSPS) is 24.8. The molecule has 3 aliphatic rings. The van der Waals surface area contributed by atoms with Gasteiger partial charge in [-0.3, -0.25) is 24.5 Å². The third kappa shape index (κ3) is 4.32. The lowest BCUT2D eigenvalue weighted by Crippen LogP contribution is -2.70. The van der Waals surface area contributed by atoms with Crippen LogP contribution in [0.25, 0.3) is 0 Å². The first-order valence-electron chi connectivity index (χ1n) is 12.0. The minimum atomic E-state index is -2.17. The number of hydrogen-bond donors (Lipinski definition) is 1. The lowest BCUT2D eigenvalue weighted by atomic mass is 9.35. The highest BCUT2D eigenvalue weighted by Gasteiger charge is 2.57. The van der Waals surface area contributed by atoms with E-state index in [1.54, 1.807) is 23.1 Å². The molecule has 3 heterocycles. The summed E-state index contributed by atoms with van der Waals surface area (Å²) in [4.78, 5) is 52.9. The van der Waals surface area contributed by atoms with Crippen LogP contribution in [0.1, 0.15) is 27.0 Å². The van der Waals surface area contributed by atoms with E-state index >= 15 is 0 Å². The summed E-state index contributed by atoms with van der Waals surface area (Å²) in [5.41, 5.74) is 0.494. The van der Waals surface area contributed by atoms with Crippen molar-refractivity contribution in [2.45, 2.75) is 36.2 Å². The predicted molar refractivity (Wildman–Crippen MR) is 139 cm³/mol. The molecule has 1 N–H and O–H groups in total. The van der Waals surface area contributed by atoms with Gasteiger partial charge in [0.1, 0.15) is 26.8 Å². The number of nitrogens with zero attached hydrogens (tertiary/aromatic N) is 2. The van der Waals surface area contributed by atoms with E-state index in [1.165, 1.54) is 0 Å². The van der Waals surface area contributed by atoms with Crippen molar-refractivity contribution in [2.24, 2.45) is 0 Å². The first kappa shape index (κ1) is 26.2. The monoisotopic (exact) mass is 503 g/mol. The highest BCUT2D eigenvalue weighted by molar-refractivity contribution is 6.58. The molecule has 184 valence electrons. The number of carbonyl (C=O) groups is 4. The Hall–Kier alpha value is -3.46. The van der Waals surface area contributed by atoms with E-state index < -0.39 is 34.2 Å². The average Bonchev–Trinajstić information content (AvgIpc) is 3.25. The summed E-state index contributed by atoms with van der Waals surface area (Å²) in [6.45, 7) is 1.80. The summed E-state index contributed by atoms with van der Waals surface area (Å²) in [6, 6.07) is 12.6. The van der Waals surface area contributed by atoms with Gasteiger partial charge in [0.25, 0.3) is 5.91 Å². The van der Waals surface area contributed by atoms with Gasteiger partial charge in [0.15, 0.2) is 0 Å². The molecule has 3 aliphatic heterocycles. The largest absolute Gasteiger partial charge is 0.489 e. The van der Waals surface area contributed by atoms with Gasteiger partial charge in [-0.2, -0.15) is 0 Å². The van der Waals surface area contributed by atoms with Crippen molar-refractivity contribution in [1.29, 1.82) is 0 Å². The third-order valence-corrected chi connectivity index (χ3v) is 7.22. The second kappa shape index (κ2) is 9.69. The van der Waals surface area contributed by atoms with E-state index in [9.17, 15) is 19.2 Å². The number of piperidine rings is 1.